The van der Waals surface area contributed by atoms with Crippen LogP contribution in [0, 0.1) is 5.92 Å². The maximum absolute atomic E-state index is 11.4. The van der Waals surface area contributed by atoms with Crippen LogP contribution in [0.1, 0.15) is 13.8 Å². The van der Waals surface area contributed by atoms with Crippen LogP contribution in [-0.4, -0.2) is 50.6 Å². The topological polar surface area (TPSA) is 44.4 Å². The highest BCUT2D eigenvalue weighted by molar-refractivity contribution is 5.78. The number of hydrogen-bond donors (Lipinski definition) is 2. The average Bonchev–Trinajstić information content (AvgIpc) is 2.17. The number of nitrogens with one attached hydrogen (secondary N) is 2. The second-order valence-corrected chi connectivity index (χ2v) is 4.50. The second-order valence-electron chi connectivity index (χ2n) is 4.50. The molecule has 0 heterocycles. The van der Waals surface area contributed by atoms with Crippen LogP contribution in [0.15, 0.2) is 12.7 Å². The molecule has 0 saturated carbocycles. The fraction of sp³-hybridized carbons (Fsp3) is 0.750. The molecule has 0 aromatic carbocycles. The van der Waals surface area contributed by atoms with Crippen molar-refractivity contribution in [1.82, 2.24) is 15.5 Å². The minimum atomic E-state index is 0.0364. The fourth-order valence-corrected chi connectivity index (χ4v) is 1.58. The number of likely N-dealkylation sites (N-methyl/N-ethyl adjacent to an activating group) is 1. The Bertz CT molecular complexity index is 206. The highest BCUT2D eigenvalue weighted by Gasteiger charge is 2.16. The van der Waals surface area contributed by atoms with Gasteiger partial charge in [-0.25, -0.2) is 0 Å². The van der Waals surface area contributed by atoms with E-state index in [1.54, 1.807) is 6.08 Å². The summed E-state index contributed by atoms with van der Waals surface area (Å²) in [7, 11) is 4.07. The molecule has 0 rings (SSSR count). The molecule has 0 spiro atoms. The maximum Gasteiger partial charge on any atom is 0.234 e. The molecule has 94 valence electrons. The smallest absolute Gasteiger partial charge is 0.234 e. The van der Waals surface area contributed by atoms with Crippen molar-refractivity contribution in [2.24, 2.45) is 5.92 Å². The number of amides is 1. The molecular formula is C12H25N3O. The van der Waals surface area contributed by atoms with Gasteiger partial charge in [-0.2, -0.15) is 0 Å². The summed E-state index contributed by atoms with van der Waals surface area (Å²) in [6.45, 7) is 9.60. The van der Waals surface area contributed by atoms with Crippen molar-refractivity contribution in [1.29, 1.82) is 0 Å². The Kier molecular flexibility index (Phi) is 7.85. The minimum absolute atomic E-state index is 0.0364. The molecule has 0 aromatic heterocycles. The Hall–Kier alpha value is -0.870. The summed E-state index contributed by atoms with van der Waals surface area (Å²) in [4.78, 5) is 13.6. The van der Waals surface area contributed by atoms with E-state index < -0.39 is 0 Å². The molecule has 0 radical (unpaired) electrons. The third kappa shape index (κ3) is 6.58. The van der Waals surface area contributed by atoms with Crippen LogP contribution in [-0.2, 0) is 4.79 Å². The quantitative estimate of drug-likeness (QED) is 0.468. The van der Waals surface area contributed by atoms with Gasteiger partial charge in [0.25, 0.3) is 0 Å². The Labute approximate surface area is 99.1 Å². The number of nitrogens with zero attached hydrogens (tertiary/aromatic N) is 1. The summed E-state index contributed by atoms with van der Waals surface area (Å²) in [5, 5.41) is 5.90. The Morgan fingerprint density at radius 1 is 1.44 bits per heavy atom. The molecule has 0 aliphatic carbocycles. The van der Waals surface area contributed by atoms with Gasteiger partial charge in [0.15, 0.2) is 0 Å². The van der Waals surface area contributed by atoms with Crippen molar-refractivity contribution in [2.45, 2.75) is 19.9 Å². The first-order chi connectivity index (χ1) is 7.49. The molecule has 4 heteroatoms. The summed E-state index contributed by atoms with van der Waals surface area (Å²) in [5.74, 6) is 0.561. The number of carbonyl (C=O) groups excluding carboxylic acids is 1. The van der Waals surface area contributed by atoms with Crippen molar-refractivity contribution in [3.8, 4) is 0 Å². The first-order valence-electron chi connectivity index (χ1n) is 5.73. The van der Waals surface area contributed by atoms with E-state index in [2.05, 4.69) is 36.0 Å². The van der Waals surface area contributed by atoms with E-state index in [0.717, 1.165) is 0 Å². The molecule has 4 nitrogen and oxygen atoms in total. The normalized spacial score (nSPS) is 12.9. The Morgan fingerprint density at radius 3 is 2.50 bits per heavy atom. The van der Waals surface area contributed by atoms with Crippen molar-refractivity contribution >= 4 is 5.91 Å². The molecule has 0 saturated heterocycles. The van der Waals surface area contributed by atoms with Crippen LogP contribution >= 0.6 is 0 Å². The van der Waals surface area contributed by atoms with Crippen LogP contribution in [0.3, 0.4) is 0 Å². The monoisotopic (exact) mass is 227 g/mol. The van der Waals surface area contributed by atoms with Gasteiger partial charge in [-0.05, 0) is 20.0 Å². The largest absolute Gasteiger partial charge is 0.353 e. The summed E-state index contributed by atoms with van der Waals surface area (Å²) < 4.78 is 0. The molecule has 0 aliphatic rings. The van der Waals surface area contributed by atoms with Crippen LogP contribution < -0.4 is 10.6 Å². The second kappa shape index (κ2) is 8.30. The standard InChI is InChI=1S/C12H25N3O/c1-6-7-13-9-12(16)14-8-11(10(2)3)15(4)5/h6,10-11,13H,1,7-9H2,2-5H3,(H,14,16). The highest BCUT2D eigenvalue weighted by Crippen LogP contribution is 2.05. The third-order valence-electron chi connectivity index (χ3n) is 2.52. The molecule has 0 aliphatic heterocycles. The van der Waals surface area contributed by atoms with Gasteiger partial charge in [-0.1, -0.05) is 19.9 Å². The van der Waals surface area contributed by atoms with E-state index in [9.17, 15) is 4.79 Å². The molecule has 0 aromatic rings. The molecule has 16 heavy (non-hydrogen) atoms. The lowest BCUT2D eigenvalue weighted by atomic mass is 10.0. The van der Waals surface area contributed by atoms with Gasteiger partial charge in [-0.3, -0.25) is 4.79 Å². The number of carbonyl (C=O) groups is 1. The zero-order valence-corrected chi connectivity index (χ0v) is 10.9. The van der Waals surface area contributed by atoms with Gasteiger partial charge in [0.1, 0.15) is 0 Å². The van der Waals surface area contributed by atoms with Crippen molar-refractivity contribution < 1.29 is 4.79 Å². The predicted molar refractivity (Wildman–Crippen MR) is 68.4 cm³/mol. The van der Waals surface area contributed by atoms with Gasteiger partial charge in [0.05, 0.1) is 6.54 Å². The first kappa shape index (κ1) is 15.1. The average molecular weight is 227 g/mol. The van der Waals surface area contributed by atoms with Crippen LogP contribution in [0.2, 0.25) is 0 Å². The van der Waals surface area contributed by atoms with E-state index in [4.69, 9.17) is 0 Å². The summed E-state index contributed by atoms with van der Waals surface area (Å²) in [6.07, 6.45) is 1.74. The molecule has 0 bridgehead atoms. The van der Waals surface area contributed by atoms with E-state index >= 15 is 0 Å². The van der Waals surface area contributed by atoms with Gasteiger partial charge < -0.3 is 15.5 Å². The molecule has 1 atom stereocenters. The van der Waals surface area contributed by atoms with Crippen molar-refractivity contribution in [3.05, 3.63) is 12.7 Å². The zero-order chi connectivity index (χ0) is 12.6. The molecular weight excluding hydrogens is 202 g/mol. The fourth-order valence-electron chi connectivity index (χ4n) is 1.58. The third-order valence-corrected chi connectivity index (χ3v) is 2.52. The SMILES string of the molecule is C=CCNCC(=O)NCC(C(C)C)N(C)C. The van der Waals surface area contributed by atoms with Gasteiger partial charge in [0.2, 0.25) is 5.91 Å². The van der Waals surface area contributed by atoms with E-state index in [-0.39, 0.29) is 5.91 Å². The molecule has 1 unspecified atom stereocenters. The summed E-state index contributed by atoms with van der Waals surface area (Å²) in [6, 6.07) is 0.378. The minimum Gasteiger partial charge on any atom is -0.353 e. The lowest BCUT2D eigenvalue weighted by Gasteiger charge is -2.28. The first-order valence-corrected chi connectivity index (χ1v) is 5.73. The molecule has 0 fully saturated rings. The maximum atomic E-state index is 11.4. The van der Waals surface area contributed by atoms with Crippen LogP contribution in [0.4, 0.5) is 0 Å². The van der Waals surface area contributed by atoms with Gasteiger partial charge in [-0.15, -0.1) is 6.58 Å². The van der Waals surface area contributed by atoms with Gasteiger partial charge in [0, 0.05) is 19.1 Å². The molecule has 1 amide bonds. The summed E-state index contributed by atoms with van der Waals surface area (Å²) in [5.41, 5.74) is 0. The number of hydrogen-bond acceptors (Lipinski definition) is 3. The van der Waals surface area contributed by atoms with E-state index in [1.807, 2.05) is 14.1 Å². The lowest BCUT2D eigenvalue weighted by Crippen LogP contribution is -2.45. The van der Waals surface area contributed by atoms with Crippen molar-refractivity contribution in [3.63, 3.8) is 0 Å². The zero-order valence-electron chi connectivity index (χ0n) is 10.9. The van der Waals surface area contributed by atoms with Gasteiger partial charge >= 0.3 is 0 Å². The Morgan fingerprint density at radius 2 is 2.06 bits per heavy atom. The summed E-state index contributed by atoms with van der Waals surface area (Å²) >= 11 is 0. The van der Waals surface area contributed by atoms with Crippen molar-refractivity contribution in [2.75, 3.05) is 33.7 Å². The van der Waals surface area contributed by atoms with Crippen LogP contribution in [0.5, 0.6) is 0 Å². The Balaban J connectivity index is 3.83. The highest BCUT2D eigenvalue weighted by atomic mass is 16.1. The van der Waals surface area contributed by atoms with Crippen LogP contribution in [0.25, 0.3) is 0 Å². The van der Waals surface area contributed by atoms with E-state index in [0.29, 0.717) is 31.6 Å². The lowest BCUT2D eigenvalue weighted by molar-refractivity contribution is -0.120. The van der Waals surface area contributed by atoms with E-state index in [1.165, 1.54) is 0 Å². The molecule has 2 N–H and O–H groups in total. The predicted octanol–water partition coefficient (Wildman–Crippen LogP) is 0.464. The number of rotatable bonds is 8.